The number of pyridine rings is 1. The van der Waals surface area contributed by atoms with Gasteiger partial charge in [0.05, 0.1) is 0 Å². The third kappa shape index (κ3) is 4.43. The average molecular weight is 208 g/mol. The van der Waals surface area contributed by atoms with Crippen molar-refractivity contribution in [3.63, 3.8) is 0 Å². The third-order valence-electron chi connectivity index (χ3n) is 2.70. The van der Waals surface area contributed by atoms with E-state index in [9.17, 15) is 0 Å². The van der Waals surface area contributed by atoms with E-state index in [2.05, 4.69) is 35.9 Å². The summed E-state index contributed by atoms with van der Waals surface area (Å²) in [6.45, 7) is 3.63. The number of aryl methyl sites for hydroxylation is 2. The first-order valence-electron chi connectivity index (χ1n) is 5.96. The van der Waals surface area contributed by atoms with Gasteiger partial charge in [0.25, 0.3) is 0 Å². The molecule has 0 unspecified atom stereocenters. The quantitative estimate of drug-likeness (QED) is 0.538. The molecule has 1 heterocycles. The molecule has 0 aliphatic heterocycles. The van der Waals surface area contributed by atoms with Gasteiger partial charge >= 0.3 is 0 Å². The van der Waals surface area contributed by atoms with Crippen molar-refractivity contribution in [3.05, 3.63) is 30.1 Å². The molecule has 0 atom stereocenters. The lowest BCUT2D eigenvalue weighted by Gasteiger charge is -2.01. The van der Waals surface area contributed by atoms with E-state index in [-0.39, 0.29) is 0 Å². The number of aromatic nitrogens is 1. The van der Waals surface area contributed by atoms with Crippen LogP contribution in [0.4, 0.5) is 0 Å². The van der Waals surface area contributed by atoms with E-state index in [0.717, 1.165) is 25.8 Å². The highest BCUT2D eigenvalue weighted by Gasteiger charge is 2.05. The molecular formula is C13H22NO+. The molecule has 0 amide bonds. The maximum atomic E-state index is 8.66. The topological polar surface area (TPSA) is 24.1 Å². The third-order valence-corrected chi connectivity index (χ3v) is 2.70. The Bertz CT molecular complexity index is 273. The Morgan fingerprint density at radius 1 is 1.13 bits per heavy atom. The van der Waals surface area contributed by atoms with Gasteiger partial charge in [0.2, 0.25) is 0 Å². The second-order valence-electron chi connectivity index (χ2n) is 3.88. The summed E-state index contributed by atoms with van der Waals surface area (Å²) in [5.41, 5.74) is 1.40. The molecule has 0 saturated carbocycles. The van der Waals surface area contributed by atoms with E-state index in [1.165, 1.54) is 18.5 Å². The van der Waals surface area contributed by atoms with Crippen LogP contribution < -0.4 is 4.57 Å². The lowest BCUT2D eigenvalue weighted by atomic mass is 10.2. The molecule has 0 aliphatic rings. The van der Waals surface area contributed by atoms with Crippen LogP contribution >= 0.6 is 0 Å². The number of hydrogen-bond donors (Lipinski definition) is 1. The highest BCUT2D eigenvalue weighted by atomic mass is 16.2. The first-order chi connectivity index (χ1) is 7.38. The lowest BCUT2D eigenvalue weighted by Crippen LogP contribution is -2.37. The smallest absolute Gasteiger partial charge is 0.181 e. The van der Waals surface area contributed by atoms with Crippen LogP contribution in [0.5, 0.6) is 0 Å². The van der Waals surface area contributed by atoms with Crippen molar-refractivity contribution in [1.82, 2.24) is 0 Å². The molecule has 1 N–H and O–H groups in total. The molecule has 0 bridgehead atoms. The van der Waals surface area contributed by atoms with Gasteiger partial charge in [-0.25, -0.2) is 4.57 Å². The summed E-state index contributed by atoms with van der Waals surface area (Å²) >= 11 is 0. The molecule has 0 spiro atoms. The van der Waals surface area contributed by atoms with Gasteiger partial charge in [-0.2, -0.15) is 0 Å². The summed E-state index contributed by atoms with van der Waals surface area (Å²) in [5.74, 6) is 0. The molecule has 1 aromatic rings. The second-order valence-corrected chi connectivity index (χ2v) is 3.88. The highest BCUT2D eigenvalue weighted by molar-refractivity contribution is 4.96. The number of aliphatic hydroxyl groups excluding tert-OH is 1. The van der Waals surface area contributed by atoms with Gasteiger partial charge < -0.3 is 5.11 Å². The zero-order valence-corrected chi connectivity index (χ0v) is 9.65. The Morgan fingerprint density at radius 2 is 1.93 bits per heavy atom. The van der Waals surface area contributed by atoms with E-state index in [1.807, 2.05) is 0 Å². The Labute approximate surface area is 92.6 Å². The van der Waals surface area contributed by atoms with Gasteiger partial charge in [0.1, 0.15) is 6.54 Å². The molecule has 84 valence electrons. The van der Waals surface area contributed by atoms with Gasteiger partial charge in [-0.1, -0.05) is 19.4 Å². The Morgan fingerprint density at radius 3 is 2.67 bits per heavy atom. The van der Waals surface area contributed by atoms with Crippen LogP contribution in [0.15, 0.2) is 24.4 Å². The zero-order chi connectivity index (χ0) is 10.9. The van der Waals surface area contributed by atoms with Crippen LogP contribution in [-0.2, 0) is 13.0 Å². The highest BCUT2D eigenvalue weighted by Crippen LogP contribution is 2.00. The fourth-order valence-electron chi connectivity index (χ4n) is 1.80. The second kappa shape index (κ2) is 7.41. The van der Waals surface area contributed by atoms with Crippen molar-refractivity contribution in [2.45, 2.75) is 45.6 Å². The summed E-state index contributed by atoms with van der Waals surface area (Å²) in [5, 5.41) is 8.66. The molecule has 0 fully saturated rings. The molecule has 1 rings (SSSR count). The van der Waals surface area contributed by atoms with Gasteiger partial charge in [0, 0.05) is 31.6 Å². The maximum Gasteiger partial charge on any atom is 0.181 e. The van der Waals surface area contributed by atoms with Crippen LogP contribution in [0, 0.1) is 0 Å². The summed E-state index contributed by atoms with van der Waals surface area (Å²) in [4.78, 5) is 0. The van der Waals surface area contributed by atoms with Crippen LogP contribution in [0.2, 0.25) is 0 Å². The fourth-order valence-corrected chi connectivity index (χ4v) is 1.80. The number of hydrogen-bond acceptors (Lipinski definition) is 1. The standard InChI is InChI=1S/C13H22NO/c1-2-13-9-5-7-11-14(13)10-6-3-4-8-12-15/h5,7,9,11,15H,2-4,6,8,10,12H2,1H3/q+1. The molecule has 0 aliphatic carbocycles. The van der Waals surface area contributed by atoms with Gasteiger partial charge in [-0.3, -0.25) is 0 Å². The van der Waals surface area contributed by atoms with Crippen molar-refractivity contribution in [3.8, 4) is 0 Å². The number of unbranched alkanes of at least 4 members (excludes halogenated alkanes) is 3. The first kappa shape index (κ1) is 12.2. The van der Waals surface area contributed by atoms with Crippen molar-refractivity contribution >= 4 is 0 Å². The zero-order valence-electron chi connectivity index (χ0n) is 9.65. The first-order valence-corrected chi connectivity index (χ1v) is 5.96. The summed E-state index contributed by atoms with van der Waals surface area (Å²) in [7, 11) is 0. The minimum atomic E-state index is 0.332. The summed E-state index contributed by atoms with van der Waals surface area (Å²) < 4.78 is 2.33. The SMILES string of the molecule is CCc1cccc[n+]1CCCCCCO. The molecule has 15 heavy (non-hydrogen) atoms. The lowest BCUT2D eigenvalue weighted by molar-refractivity contribution is -0.704. The summed E-state index contributed by atoms with van der Waals surface area (Å²) in [6, 6.07) is 6.38. The molecule has 2 heteroatoms. The Hall–Kier alpha value is -0.890. The number of nitrogens with zero attached hydrogens (tertiary/aromatic N) is 1. The van der Waals surface area contributed by atoms with Crippen molar-refractivity contribution in [2.24, 2.45) is 0 Å². The number of rotatable bonds is 7. The average Bonchev–Trinajstić information content (AvgIpc) is 2.29. The van der Waals surface area contributed by atoms with Gasteiger partial charge in [-0.05, 0) is 12.8 Å². The Balaban J connectivity index is 2.30. The van der Waals surface area contributed by atoms with E-state index < -0.39 is 0 Å². The maximum absolute atomic E-state index is 8.66. The van der Waals surface area contributed by atoms with Crippen molar-refractivity contribution < 1.29 is 9.67 Å². The van der Waals surface area contributed by atoms with Gasteiger partial charge in [0.15, 0.2) is 11.9 Å². The molecular weight excluding hydrogens is 186 g/mol. The van der Waals surface area contributed by atoms with Crippen molar-refractivity contribution in [1.29, 1.82) is 0 Å². The van der Waals surface area contributed by atoms with E-state index >= 15 is 0 Å². The summed E-state index contributed by atoms with van der Waals surface area (Å²) in [6.07, 6.45) is 7.76. The van der Waals surface area contributed by atoms with Gasteiger partial charge in [-0.15, -0.1) is 0 Å². The molecule has 1 aromatic heterocycles. The van der Waals surface area contributed by atoms with Crippen molar-refractivity contribution in [2.75, 3.05) is 6.61 Å². The van der Waals surface area contributed by atoms with E-state index in [0.29, 0.717) is 6.61 Å². The van der Waals surface area contributed by atoms with E-state index in [1.54, 1.807) is 0 Å². The van der Waals surface area contributed by atoms with Crippen LogP contribution in [0.25, 0.3) is 0 Å². The molecule has 0 radical (unpaired) electrons. The minimum Gasteiger partial charge on any atom is -0.396 e. The number of aliphatic hydroxyl groups is 1. The van der Waals surface area contributed by atoms with E-state index in [4.69, 9.17) is 5.11 Å². The normalized spacial score (nSPS) is 10.5. The predicted octanol–water partition coefficient (Wildman–Crippen LogP) is 2.09. The molecule has 0 aromatic carbocycles. The Kier molecular flexibility index (Phi) is 6.02. The van der Waals surface area contributed by atoms with Crippen LogP contribution in [-0.4, -0.2) is 11.7 Å². The van der Waals surface area contributed by atoms with Crippen LogP contribution in [0.1, 0.15) is 38.3 Å². The predicted molar refractivity (Wildman–Crippen MR) is 61.6 cm³/mol. The molecule has 0 saturated heterocycles. The monoisotopic (exact) mass is 208 g/mol. The fraction of sp³-hybridized carbons (Fsp3) is 0.615. The largest absolute Gasteiger partial charge is 0.396 e. The van der Waals surface area contributed by atoms with Crippen LogP contribution in [0.3, 0.4) is 0 Å². The molecule has 2 nitrogen and oxygen atoms in total. The minimum absolute atomic E-state index is 0.332.